The summed E-state index contributed by atoms with van der Waals surface area (Å²) in [5.41, 5.74) is 4.49. The lowest BCUT2D eigenvalue weighted by molar-refractivity contribution is -0.287. The highest BCUT2D eigenvalue weighted by atomic mass is 19.3. The molecule has 0 aromatic heterocycles. The standard InChI is InChI=1S/C11H13F2NO4/c1-10(14,15)5-6-3-7(16-2)9-8(4-6)17-11(12,13)18-9/h3-4,15H,5,14H2,1-2H3. The molecular formula is C11H13F2NO4. The van der Waals surface area contributed by atoms with Gasteiger partial charge < -0.3 is 25.1 Å². The van der Waals surface area contributed by atoms with Gasteiger partial charge in [-0.25, -0.2) is 0 Å². The highest BCUT2D eigenvalue weighted by Crippen LogP contribution is 2.47. The van der Waals surface area contributed by atoms with Gasteiger partial charge in [-0.3, -0.25) is 0 Å². The van der Waals surface area contributed by atoms with Crippen molar-refractivity contribution >= 4 is 0 Å². The Morgan fingerprint density at radius 3 is 2.67 bits per heavy atom. The van der Waals surface area contributed by atoms with Crippen LogP contribution in [0.5, 0.6) is 17.2 Å². The van der Waals surface area contributed by atoms with E-state index in [-0.39, 0.29) is 23.7 Å². The van der Waals surface area contributed by atoms with E-state index in [1.54, 1.807) is 0 Å². The van der Waals surface area contributed by atoms with E-state index in [2.05, 4.69) is 9.47 Å². The SMILES string of the molecule is COc1cc(CC(C)(N)O)cc2c1OC(F)(F)O2. The van der Waals surface area contributed by atoms with Crippen LogP contribution in [0.1, 0.15) is 12.5 Å². The molecule has 1 aromatic rings. The number of hydrogen-bond acceptors (Lipinski definition) is 5. The van der Waals surface area contributed by atoms with Gasteiger partial charge in [0, 0.05) is 6.42 Å². The molecule has 5 nitrogen and oxygen atoms in total. The van der Waals surface area contributed by atoms with E-state index in [0.717, 1.165) is 0 Å². The van der Waals surface area contributed by atoms with Crippen molar-refractivity contribution in [3.63, 3.8) is 0 Å². The molecule has 0 bridgehead atoms. The summed E-state index contributed by atoms with van der Waals surface area (Å²) in [6.45, 7) is 1.40. The number of halogens is 2. The Balaban J connectivity index is 2.38. The van der Waals surface area contributed by atoms with Crippen LogP contribution in [-0.2, 0) is 6.42 Å². The number of benzene rings is 1. The molecule has 0 spiro atoms. The van der Waals surface area contributed by atoms with E-state index in [1.807, 2.05) is 0 Å². The zero-order chi connectivity index (χ0) is 13.6. The molecule has 1 atom stereocenters. The number of ether oxygens (including phenoxy) is 3. The number of hydrogen-bond donors (Lipinski definition) is 2. The minimum atomic E-state index is -3.71. The Kier molecular flexibility index (Phi) is 2.83. The molecule has 0 saturated heterocycles. The molecule has 0 radical (unpaired) electrons. The van der Waals surface area contributed by atoms with Crippen molar-refractivity contribution in [2.75, 3.05) is 7.11 Å². The summed E-state index contributed by atoms with van der Waals surface area (Å²) in [5, 5.41) is 9.50. The van der Waals surface area contributed by atoms with Crippen molar-refractivity contribution in [3.05, 3.63) is 17.7 Å². The molecule has 3 N–H and O–H groups in total. The minimum absolute atomic E-state index is 0.0611. The van der Waals surface area contributed by atoms with E-state index in [4.69, 9.17) is 10.5 Å². The average molecular weight is 261 g/mol. The molecule has 1 heterocycles. The van der Waals surface area contributed by atoms with Crippen LogP contribution in [0.3, 0.4) is 0 Å². The molecule has 100 valence electrons. The summed E-state index contributed by atoms with van der Waals surface area (Å²) in [5.74, 6) is -0.203. The zero-order valence-corrected chi connectivity index (χ0v) is 9.87. The predicted octanol–water partition coefficient (Wildman–Crippen LogP) is 1.23. The van der Waals surface area contributed by atoms with Gasteiger partial charge in [0.1, 0.15) is 5.72 Å². The third-order valence-electron chi connectivity index (χ3n) is 2.31. The van der Waals surface area contributed by atoms with Crippen LogP contribution in [0.25, 0.3) is 0 Å². The first-order valence-corrected chi connectivity index (χ1v) is 5.18. The number of methoxy groups -OCH3 is 1. The second-order valence-electron chi connectivity index (χ2n) is 4.33. The first-order chi connectivity index (χ1) is 8.20. The maximum Gasteiger partial charge on any atom is 0.586 e. The van der Waals surface area contributed by atoms with Crippen molar-refractivity contribution in [2.24, 2.45) is 5.73 Å². The zero-order valence-electron chi connectivity index (χ0n) is 9.87. The van der Waals surface area contributed by atoms with Crippen LogP contribution < -0.4 is 19.9 Å². The topological polar surface area (TPSA) is 73.9 Å². The Bertz CT molecular complexity index is 471. The lowest BCUT2D eigenvalue weighted by Crippen LogP contribution is -2.37. The smallest absolute Gasteiger partial charge is 0.493 e. The fraction of sp³-hybridized carbons (Fsp3) is 0.455. The molecule has 2 rings (SSSR count). The van der Waals surface area contributed by atoms with Gasteiger partial charge in [0.05, 0.1) is 7.11 Å². The molecule has 0 aliphatic carbocycles. The molecule has 1 aliphatic heterocycles. The lowest BCUT2D eigenvalue weighted by Gasteiger charge is -2.17. The number of nitrogens with two attached hydrogens (primary N) is 1. The fourth-order valence-corrected chi connectivity index (χ4v) is 1.74. The first kappa shape index (κ1) is 12.8. The molecular weight excluding hydrogens is 248 g/mol. The number of aliphatic hydroxyl groups is 1. The van der Waals surface area contributed by atoms with E-state index in [9.17, 15) is 13.9 Å². The number of fused-ring (bicyclic) bond motifs is 1. The molecule has 1 aliphatic rings. The monoisotopic (exact) mass is 261 g/mol. The van der Waals surface area contributed by atoms with E-state index >= 15 is 0 Å². The molecule has 7 heteroatoms. The summed E-state index contributed by atoms with van der Waals surface area (Å²) in [6, 6.07) is 2.80. The highest BCUT2D eigenvalue weighted by Gasteiger charge is 2.45. The van der Waals surface area contributed by atoms with E-state index in [1.165, 1.54) is 26.2 Å². The number of rotatable bonds is 3. The summed E-state index contributed by atoms with van der Waals surface area (Å²) in [6.07, 6.45) is -3.65. The van der Waals surface area contributed by atoms with Gasteiger partial charge in [-0.1, -0.05) is 0 Å². The van der Waals surface area contributed by atoms with Gasteiger partial charge in [0.2, 0.25) is 5.75 Å². The minimum Gasteiger partial charge on any atom is -0.493 e. The Morgan fingerprint density at radius 2 is 2.11 bits per heavy atom. The van der Waals surface area contributed by atoms with Crippen LogP contribution in [0, 0.1) is 0 Å². The maximum absolute atomic E-state index is 12.9. The van der Waals surface area contributed by atoms with Crippen LogP contribution >= 0.6 is 0 Å². The summed E-state index contributed by atoms with van der Waals surface area (Å²) >= 11 is 0. The fourth-order valence-electron chi connectivity index (χ4n) is 1.74. The van der Waals surface area contributed by atoms with Crippen molar-refractivity contribution in [1.29, 1.82) is 0 Å². The lowest BCUT2D eigenvalue weighted by atomic mass is 10.0. The molecule has 0 fully saturated rings. The van der Waals surface area contributed by atoms with Crippen molar-refractivity contribution in [2.45, 2.75) is 25.4 Å². The largest absolute Gasteiger partial charge is 0.586 e. The summed E-state index contributed by atoms with van der Waals surface area (Å²) < 4.78 is 39.5. The Morgan fingerprint density at radius 1 is 1.44 bits per heavy atom. The quantitative estimate of drug-likeness (QED) is 0.800. The van der Waals surface area contributed by atoms with Gasteiger partial charge in [-0.15, -0.1) is 8.78 Å². The Labute approximate surface area is 102 Å². The summed E-state index contributed by atoms with van der Waals surface area (Å²) in [4.78, 5) is 0. The van der Waals surface area contributed by atoms with Crippen LogP contribution in [0.2, 0.25) is 0 Å². The molecule has 18 heavy (non-hydrogen) atoms. The van der Waals surface area contributed by atoms with Gasteiger partial charge in [0.25, 0.3) is 0 Å². The van der Waals surface area contributed by atoms with Gasteiger partial charge in [-0.05, 0) is 24.6 Å². The van der Waals surface area contributed by atoms with Gasteiger partial charge in [-0.2, -0.15) is 0 Å². The first-order valence-electron chi connectivity index (χ1n) is 5.18. The summed E-state index contributed by atoms with van der Waals surface area (Å²) in [7, 11) is 1.32. The predicted molar refractivity (Wildman–Crippen MR) is 57.7 cm³/mol. The second-order valence-corrected chi connectivity index (χ2v) is 4.33. The van der Waals surface area contributed by atoms with Crippen LogP contribution in [-0.4, -0.2) is 24.2 Å². The van der Waals surface area contributed by atoms with Crippen molar-refractivity contribution < 1.29 is 28.1 Å². The Hall–Kier alpha value is -1.60. The maximum atomic E-state index is 12.9. The molecule has 0 saturated carbocycles. The van der Waals surface area contributed by atoms with Crippen molar-refractivity contribution in [1.82, 2.24) is 0 Å². The highest BCUT2D eigenvalue weighted by molar-refractivity contribution is 5.55. The average Bonchev–Trinajstić information content (AvgIpc) is 2.48. The third kappa shape index (κ3) is 2.62. The molecule has 1 unspecified atom stereocenters. The number of alkyl halides is 2. The normalized spacial score (nSPS) is 19.4. The van der Waals surface area contributed by atoms with Gasteiger partial charge in [0.15, 0.2) is 11.5 Å². The van der Waals surface area contributed by atoms with E-state index < -0.39 is 12.0 Å². The van der Waals surface area contributed by atoms with E-state index in [0.29, 0.717) is 5.56 Å². The molecule has 1 aromatic carbocycles. The second kappa shape index (κ2) is 3.96. The van der Waals surface area contributed by atoms with Crippen LogP contribution in [0.15, 0.2) is 12.1 Å². The van der Waals surface area contributed by atoms with Crippen LogP contribution in [0.4, 0.5) is 8.78 Å². The van der Waals surface area contributed by atoms with Gasteiger partial charge >= 0.3 is 6.29 Å². The molecule has 0 amide bonds. The van der Waals surface area contributed by atoms with Crippen molar-refractivity contribution in [3.8, 4) is 17.2 Å². The third-order valence-corrected chi connectivity index (χ3v) is 2.31.